The Balaban J connectivity index is 2.19. The van der Waals surface area contributed by atoms with E-state index < -0.39 is 11.6 Å². The molecule has 0 spiro atoms. The van der Waals surface area contributed by atoms with Gasteiger partial charge in [-0.05, 0) is 26.3 Å². The second-order valence-corrected chi connectivity index (χ2v) is 6.53. The van der Waals surface area contributed by atoms with Gasteiger partial charge in [0.05, 0.1) is 6.54 Å². The van der Waals surface area contributed by atoms with Gasteiger partial charge in [-0.3, -0.25) is 4.79 Å². The Labute approximate surface area is 131 Å². The average molecular weight is 302 g/mol. The number of hydrazone groups is 1. The highest BCUT2D eigenvalue weighted by Crippen LogP contribution is 2.20. The Hall–Kier alpha value is -2.17. The second kappa shape index (κ2) is 6.30. The van der Waals surface area contributed by atoms with Gasteiger partial charge >= 0.3 is 5.97 Å². The number of carbonyl (C=O) groups is 2. The fourth-order valence-electron chi connectivity index (χ4n) is 2.20. The number of carbonyl (C=O) groups excluding carboxylic acids is 2. The summed E-state index contributed by atoms with van der Waals surface area (Å²) in [6, 6.07) is 9.58. The van der Waals surface area contributed by atoms with E-state index in [0.29, 0.717) is 12.3 Å². The minimum atomic E-state index is -0.578. The molecule has 0 fully saturated rings. The number of benzene rings is 1. The molecule has 1 aliphatic rings. The summed E-state index contributed by atoms with van der Waals surface area (Å²) in [5.74, 6) is -0.761. The SMILES string of the molecule is CC1CC(=O)N(Cc2ccccc2)N=C1C(=O)OC(C)(C)C. The number of hydrogen-bond acceptors (Lipinski definition) is 4. The van der Waals surface area contributed by atoms with E-state index in [-0.39, 0.29) is 18.2 Å². The van der Waals surface area contributed by atoms with E-state index in [0.717, 1.165) is 5.56 Å². The molecule has 5 nitrogen and oxygen atoms in total. The van der Waals surface area contributed by atoms with Crippen LogP contribution in [0.25, 0.3) is 0 Å². The predicted octanol–water partition coefficient (Wildman–Crippen LogP) is 2.75. The van der Waals surface area contributed by atoms with Crippen LogP contribution in [0.2, 0.25) is 0 Å². The zero-order chi connectivity index (χ0) is 16.3. The smallest absolute Gasteiger partial charge is 0.355 e. The molecule has 0 N–H and O–H groups in total. The number of hydrogen-bond donors (Lipinski definition) is 0. The van der Waals surface area contributed by atoms with Crippen molar-refractivity contribution in [1.29, 1.82) is 0 Å². The van der Waals surface area contributed by atoms with Crippen LogP contribution in [0.1, 0.15) is 39.7 Å². The van der Waals surface area contributed by atoms with Crippen molar-refractivity contribution in [2.45, 2.75) is 46.3 Å². The molecule has 118 valence electrons. The van der Waals surface area contributed by atoms with Crippen molar-refractivity contribution in [3.63, 3.8) is 0 Å². The molecule has 1 aliphatic heterocycles. The number of ether oxygens (including phenoxy) is 1. The summed E-state index contributed by atoms with van der Waals surface area (Å²) in [4.78, 5) is 24.4. The predicted molar refractivity (Wildman–Crippen MR) is 84.1 cm³/mol. The van der Waals surface area contributed by atoms with E-state index in [2.05, 4.69) is 5.10 Å². The molecule has 0 radical (unpaired) electrons. The molecule has 2 rings (SSSR count). The first-order chi connectivity index (χ1) is 10.3. The van der Waals surface area contributed by atoms with Crippen molar-refractivity contribution in [1.82, 2.24) is 5.01 Å². The quantitative estimate of drug-likeness (QED) is 0.807. The van der Waals surface area contributed by atoms with Gasteiger partial charge in [-0.1, -0.05) is 37.3 Å². The first kappa shape index (κ1) is 16.2. The summed E-state index contributed by atoms with van der Waals surface area (Å²) in [6.07, 6.45) is 0.269. The van der Waals surface area contributed by atoms with Gasteiger partial charge in [0.15, 0.2) is 0 Å². The summed E-state index contributed by atoms with van der Waals surface area (Å²) in [7, 11) is 0. The summed E-state index contributed by atoms with van der Waals surface area (Å²) in [5, 5.41) is 5.60. The molecule has 1 heterocycles. The van der Waals surface area contributed by atoms with Crippen LogP contribution in [-0.4, -0.2) is 28.2 Å². The van der Waals surface area contributed by atoms with Gasteiger partial charge in [-0.2, -0.15) is 5.10 Å². The number of esters is 1. The molecule has 22 heavy (non-hydrogen) atoms. The third-order valence-corrected chi connectivity index (χ3v) is 3.25. The van der Waals surface area contributed by atoms with Gasteiger partial charge in [0.1, 0.15) is 11.3 Å². The van der Waals surface area contributed by atoms with Gasteiger partial charge < -0.3 is 4.74 Å². The number of rotatable bonds is 3. The minimum absolute atomic E-state index is 0.0799. The highest BCUT2D eigenvalue weighted by molar-refractivity contribution is 6.38. The van der Waals surface area contributed by atoms with Crippen LogP contribution in [0.4, 0.5) is 0 Å². The molecule has 5 heteroatoms. The summed E-state index contributed by atoms with van der Waals surface area (Å²) < 4.78 is 5.37. The Morgan fingerprint density at radius 2 is 1.95 bits per heavy atom. The van der Waals surface area contributed by atoms with Crippen molar-refractivity contribution in [2.24, 2.45) is 11.0 Å². The lowest BCUT2D eigenvalue weighted by molar-refractivity contribution is -0.147. The lowest BCUT2D eigenvalue weighted by atomic mass is 9.99. The maximum atomic E-state index is 12.2. The molecule has 0 saturated carbocycles. The Morgan fingerprint density at radius 3 is 2.55 bits per heavy atom. The highest BCUT2D eigenvalue weighted by atomic mass is 16.6. The van der Waals surface area contributed by atoms with Gasteiger partial charge in [0, 0.05) is 12.3 Å². The van der Waals surface area contributed by atoms with Gasteiger partial charge in [0.2, 0.25) is 5.91 Å². The van der Waals surface area contributed by atoms with Crippen LogP contribution in [0.15, 0.2) is 35.4 Å². The summed E-state index contributed by atoms with van der Waals surface area (Å²) in [5.41, 5.74) is 0.702. The van der Waals surface area contributed by atoms with Crippen molar-refractivity contribution in [3.8, 4) is 0 Å². The van der Waals surface area contributed by atoms with Crippen LogP contribution in [0.3, 0.4) is 0 Å². The normalized spacial score (nSPS) is 18.9. The summed E-state index contributed by atoms with van der Waals surface area (Å²) >= 11 is 0. The Bertz CT molecular complexity index is 588. The molecule has 1 atom stereocenters. The molecule has 0 aliphatic carbocycles. The average Bonchev–Trinajstić information content (AvgIpc) is 2.41. The maximum Gasteiger partial charge on any atom is 0.355 e. The van der Waals surface area contributed by atoms with E-state index in [9.17, 15) is 9.59 Å². The Morgan fingerprint density at radius 1 is 1.32 bits per heavy atom. The van der Waals surface area contributed by atoms with E-state index in [4.69, 9.17) is 4.74 Å². The largest absolute Gasteiger partial charge is 0.455 e. The van der Waals surface area contributed by atoms with Gasteiger partial charge in [-0.25, -0.2) is 9.80 Å². The van der Waals surface area contributed by atoms with Crippen LogP contribution in [0.5, 0.6) is 0 Å². The highest BCUT2D eigenvalue weighted by Gasteiger charge is 2.33. The third-order valence-electron chi connectivity index (χ3n) is 3.25. The topological polar surface area (TPSA) is 59.0 Å². The molecule has 1 amide bonds. The van der Waals surface area contributed by atoms with Crippen molar-refractivity contribution in [3.05, 3.63) is 35.9 Å². The van der Waals surface area contributed by atoms with Crippen molar-refractivity contribution in [2.75, 3.05) is 0 Å². The molecule has 0 bridgehead atoms. The van der Waals surface area contributed by atoms with Gasteiger partial charge in [0.25, 0.3) is 0 Å². The molecule has 1 aromatic rings. The monoisotopic (exact) mass is 302 g/mol. The third kappa shape index (κ3) is 4.16. The van der Waals surface area contributed by atoms with E-state index in [1.807, 2.05) is 58.0 Å². The van der Waals surface area contributed by atoms with Crippen LogP contribution >= 0.6 is 0 Å². The summed E-state index contributed by atoms with van der Waals surface area (Å²) in [6.45, 7) is 7.61. The first-order valence-corrected chi connectivity index (χ1v) is 7.42. The Kier molecular flexibility index (Phi) is 4.64. The van der Waals surface area contributed by atoms with Crippen LogP contribution in [0, 0.1) is 5.92 Å². The number of nitrogens with zero attached hydrogens (tertiary/aromatic N) is 2. The standard InChI is InChI=1S/C17H22N2O3/c1-12-10-14(20)19(11-13-8-6-5-7-9-13)18-15(12)16(21)22-17(2,3)4/h5-9,12H,10-11H2,1-4H3. The fourth-order valence-corrected chi connectivity index (χ4v) is 2.20. The zero-order valence-corrected chi connectivity index (χ0v) is 13.5. The lowest BCUT2D eigenvalue weighted by Crippen LogP contribution is -2.41. The van der Waals surface area contributed by atoms with Crippen LogP contribution < -0.4 is 0 Å². The van der Waals surface area contributed by atoms with Gasteiger partial charge in [-0.15, -0.1) is 0 Å². The van der Waals surface area contributed by atoms with Crippen LogP contribution in [-0.2, 0) is 20.9 Å². The lowest BCUT2D eigenvalue weighted by Gasteiger charge is -2.28. The molecular formula is C17H22N2O3. The molecule has 0 aromatic heterocycles. The van der Waals surface area contributed by atoms with E-state index >= 15 is 0 Å². The number of amides is 1. The fraction of sp³-hybridized carbons (Fsp3) is 0.471. The van der Waals surface area contributed by atoms with E-state index in [1.54, 1.807) is 0 Å². The van der Waals surface area contributed by atoms with Crippen molar-refractivity contribution >= 4 is 17.6 Å². The molecule has 0 saturated heterocycles. The molecule has 1 aromatic carbocycles. The minimum Gasteiger partial charge on any atom is -0.455 e. The maximum absolute atomic E-state index is 12.2. The molecular weight excluding hydrogens is 280 g/mol. The molecule has 1 unspecified atom stereocenters. The first-order valence-electron chi connectivity index (χ1n) is 7.42. The van der Waals surface area contributed by atoms with Crippen molar-refractivity contribution < 1.29 is 14.3 Å². The van der Waals surface area contributed by atoms with E-state index in [1.165, 1.54) is 5.01 Å². The zero-order valence-electron chi connectivity index (χ0n) is 13.5. The second-order valence-electron chi connectivity index (χ2n) is 6.53.